The SMILES string of the molecule is ClC(c1csc2c(Br)cccc12)C1CCC1. The Bertz CT molecular complexity index is 516. The summed E-state index contributed by atoms with van der Waals surface area (Å²) in [6, 6.07) is 6.36. The molecule has 0 N–H and O–H groups in total. The molecule has 0 amide bonds. The van der Waals surface area contributed by atoms with Crippen molar-refractivity contribution in [3.8, 4) is 0 Å². The molecule has 0 spiro atoms. The molecular weight excluding hydrogens is 304 g/mol. The Hall–Kier alpha value is -0.0500. The molecule has 1 aliphatic rings. The van der Waals surface area contributed by atoms with Crippen LogP contribution in [0.15, 0.2) is 28.1 Å². The third kappa shape index (κ3) is 1.71. The molecule has 1 aromatic carbocycles. The van der Waals surface area contributed by atoms with Crippen LogP contribution in [-0.2, 0) is 0 Å². The number of hydrogen-bond donors (Lipinski definition) is 0. The Kier molecular flexibility index (Phi) is 2.99. The summed E-state index contributed by atoms with van der Waals surface area (Å²) >= 11 is 12.0. The van der Waals surface area contributed by atoms with Crippen molar-refractivity contribution in [2.45, 2.75) is 24.6 Å². The Morgan fingerprint density at radius 3 is 2.88 bits per heavy atom. The van der Waals surface area contributed by atoms with Gasteiger partial charge in [-0.2, -0.15) is 0 Å². The van der Waals surface area contributed by atoms with E-state index in [1.807, 2.05) is 0 Å². The zero-order chi connectivity index (χ0) is 11.1. The highest BCUT2D eigenvalue weighted by molar-refractivity contribution is 9.10. The number of fused-ring (bicyclic) bond motifs is 1. The molecule has 1 aliphatic carbocycles. The molecule has 0 saturated heterocycles. The number of rotatable bonds is 2. The summed E-state index contributed by atoms with van der Waals surface area (Å²) in [5.41, 5.74) is 1.33. The van der Waals surface area contributed by atoms with Gasteiger partial charge in [0.25, 0.3) is 0 Å². The number of alkyl halides is 1. The lowest BCUT2D eigenvalue weighted by atomic mass is 9.80. The van der Waals surface area contributed by atoms with Gasteiger partial charge in [0.05, 0.1) is 5.38 Å². The van der Waals surface area contributed by atoms with E-state index < -0.39 is 0 Å². The molecule has 0 aliphatic heterocycles. The third-order valence-electron chi connectivity index (χ3n) is 3.44. The highest BCUT2D eigenvalue weighted by Gasteiger charge is 2.28. The molecule has 1 heterocycles. The molecule has 0 bridgehead atoms. The smallest absolute Gasteiger partial charge is 0.0627 e. The van der Waals surface area contributed by atoms with E-state index in [0.29, 0.717) is 5.92 Å². The van der Waals surface area contributed by atoms with E-state index in [-0.39, 0.29) is 5.38 Å². The molecule has 3 rings (SSSR count). The van der Waals surface area contributed by atoms with Crippen molar-refractivity contribution in [3.05, 3.63) is 33.6 Å². The molecule has 16 heavy (non-hydrogen) atoms. The molecule has 1 saturated carbocycles. The minimum atomic E-state index is 0.205. The molecule has 0 nitrogen and oxygen atoms in total. The average Bonchev–Trinajstić information content (AvgIpc) is 2.59. The highest BCUT2D eigenvalue weighted by atomic mass is 79.9. The third-order valence-corrected chi connectivity index (χ3v) is 6.00. The van der Waals surface area contributed by atoms with Gasteiger partial charge in [0.2, 0.25) is 0 Å². The largest absolute Gasteiger partial charge is 0.142 e. The minimum Gasteiger partial charge on any atom is -0.142 e. The van der Waals surface area contributed by atoms with Crippen molar-refractivity contribution in [2.24, 2.45) is 5.92 Å². The quantitative estimate of drug-likeness (QED) is 0.620. The lowest BCUT2D eigenvalue weighted by Crippen LogP contribution is -2.16. The Morgan fingerprint density at radius 2 is 2.19 bits per heavy atom. The fraction of sp³-hybridized carbons (Fsp3) is 0.385. The van der Waals surface area contributed by atoms with E-state index in [9.17, 15) is 0 Å². The zero-order valence-electron chi connectivity index (χ0n) is 8.75. The fourth-order valence-electron chi connectivity index (χ4n) is 2.24. The first kappa shape index (κ1) is 11.1. The van der Waals surface area contributed by atoms with Gasteiger partial charge in [-0.25, -0.2) is 0 Å². The van der Waals surface area contributed by atoms with Crippen LogP contribution in [0.3, 0.4) is 0 Å². The average molecular weight is 316 g/mol. The summed E-state index contributed by atoms with van der Waals surface area (Å²) < 4.78 is 2.50. The minimum absolute atomic E-state index is 0.205. The summed E-state index contributed by atoms with van der Waals surface area (Å²) in [7, 11) is 0. The van der Waals surface area contributed by atoms with Gasteiger partial charge in [0.15, 0.2) is 0 Å². The van der Waals surface area contributed by atoms with Crippen molar-refractivity contribution in [1.29, 1.82) is 0 Å². The van der Waals surface area contributed by atoms with Gasteiger partial charge in [-0.15, -0.1) is 22.9 Å². The lowest BCUT2D eigenvalue weighted by molar-refractivity contribution is 0.306. The summed E-state index contributed by atoms with van der Waals surface area (Å²) in [5.74, 6) is 0.693. The monoisotopic (exact) mass is 314 g/mol. The van der Waals surface area contributed by atoms with Crippen molar-refractivity contribution < 1.29 is 0 Å². The van der Waals surface area contributed by atoms with Gasteiger partial charge in [0.1, 0.15) is 0 Å². The first-order valence-corrected chi connectivity index (χ1v) is 7.68. The van der Waals surface area contributed by atoms with Crippen LogP contribution < -0.4 is 0 Å². The molecule has 2 aromatic rings. The second kappa shape index (κ2) is 4.32. The first-order chi connectivity index (χ1) is 7.77. The number of hydrogen-bond acceptors (Lipinski definition) is 1. The van der Waals surface area contributed by atoms with Crippen molar-refractivity contribution >= 4 is 49.0 Å². The second-order valence-electron chi connectivity index (χ2n) is 4.40. The van der Waals surface area contributed by atoms with E-state index in [4.69, 9.17) is 11.6 Å². The first-order valence-electron chi connectivity index (χ1n) is 5.57. The van der Waals surface area contributed by atoms with Crippen molar-refractivity contribution in [1.82, 2.24) is 0 Å². The van der Waals surface area contributed by atoms with Crippen LogP contribution in [0.2, 0.25) is 0 Å². The summed E-state index contributed by atoms with van der Waals surface area (Å²) in [5, 5.41) is 3.76. The van der Waals surface area contributed by atoms with Gasteiger partial charge in [-0.1, -0.05) is 18.6 Å². The van der Waals surface area contributed by atoms with E-state index in [1.54, 1.807) is 11.3 Å². The normalized spacial score (nSPS) is 18.6. The number of thiophene rings is 1. The molecule has 1 aromatic heterocycles. The Balaban J connectivity index is 2.06. The zero-order valence-corrected chi connectivity index (χ0v) is 11.9. The molecule has 84 valence electrons. The van der Waals surface area contributed by atoms with Gasteiger partial charge >= 0.3 is 0 Å². The van der Waals surface area contributed by atoms with Crippen LogP contribution in [0.1, 0.15) is 30.2 Å². The number of halogens is 2. The molecule has 1 fully saturated rings. The van der Waals surface area contributed by atoms with E-state index >= 15 is 0 Å². The fourth-order valence-corrected chi connectivity index (χ4v) is 4.41. The maximum absolute atomic E-state index is 6.57. The summed E-state index contributed by atoms with van der Waals surface area (Å²) in [6.45, 7) is 0. The van der Waals surface area contributed by atoms with Gasteiger partial charge < -0.3 is 0 Å². The van der Waals surface area contributed by atoms with Gasteiger partial charge in [-0.05, 0) is 57.1 Å². The number of benzene rings is 1. The molecule has 1 atom stereocenters. The predicted octanol–water partition coefficient (Wildman–Crippen LogP) is 5.74. The maximum atomic E-state index is 6.57. The molecule has 3 heteroatoms. The second-order valence-corrected chi connectivity index (χ2v) is 6.60. The maximum Gasteiger partial charge on any atom is 0.0627 e. The topological polar surface area (TPSA) is 0 Å². The standard InChI is InChI=1S/C13H12BrClS/c14-11-6-2-5-9-10(7-16-13(9)11)12(15)8-3-1-4-8/h2,5-8,12H,1,3-4H2. The van der Waals surface area contributed by atoms with Crippen LogP contribution in [0.25, 0.3) is 10.1 Å². The predicted molar refractivity (Wildman–Crippen MR) is 75.5 cm³/mol. The van der Waals surface area contributed by atoms with Gasteiger partial charge in [-0.3, -0.25) is 0 Å². The lowest BCUT2D eigenvalue weighted by Gasteiger charge is -2.29. The molecule has 1 unspecified atom stereocenters. The van der Waals surface area contributed by atoms with Crippen LogP contribution in [0, 0.1) is 5.92 Å². The Morgan fingerprint density at radius 1 is 1.38 bits per heavy atom. The van der Waals surface area contributed by atoms with Crippen LogP contribution >= 0.6 is 38.9 Å². The summed E-state index contributed by atoms with van der Waals surface area (Å²) in [4.78, 5) is 0. The summed E-state index contributed by atoms with van der Waals surface area (Å²) in [6.07, 6.45) is 3.93. The van der Waals surface area contributed by atoms with Crippen LogP contribution in [-0.4, -0.2) is 0 Å². The van der Waals surface area contributed by atoms with Crippen molar-refractivity contribution in [2.75, 3.05) is 0 Å². The van der Waals surface area contributed by atoms with E-state index in [1.165, 1.54) is 39.4 Å². The van der Waals surface area contributed by atoms with Crippen LogP contribution in [0.4, 0.5) is 0 Å². The van der Waals surface area contributed by atoms with Crippen molar-refractivity contribution in [3.63, 3.8) is 0 Å². The van der Waals surface area contributed by atoms with E-state index in [2.05, 4.69) is 39.5 Å². The molecule has 0 radical (unpaired) electrons. The van der Waals surface area contributed by atoms with Gasteiger partial charge in [0, 0.05) is 9.17 Å². The van der Waals surface area contributed by atoms with E-state index in [0.717, 1.165) is 0 Å². The van der Waals surface area contributed by atoms with Crippen LogP contribution in [0.5, 0.6) is 0 Å². The Labute approximate surface area is 113 Å². The molecular formula is C13H12BrClS. The highest BCUT2D eigenvalue weighted by Crippen LogP contribution is 2.46.